The van der Waals surface area contributed by atoms with Gasteiger partial charge in [0.15, 0.2) is 0 Å². The van der Waals surface area contributed by atoms with Gasteiger partial charge in [-0.3, -0.25) is 9.48 Å². The number of primary amides is 1. The smallest absolute Gasteiger partial charge is 0.248 e. The summed E-state index contributed by atoms with van der Waals surface area (Å²) in [6.45, 7) is 4.85. The molecule has 0 saturated heterocycles. The Balaban J connectivity index is 2.47. The number of aromatic nitrogens is 2. The van der Waals surface area contributed by atoms with E-state index in [1.54, 1.807) is 6.20 Å². The lowest BCUT2D eigenvalue weighted by Gasteiger charge is -2.08. The van der Waals surface area contributed by atoms with Gasteiger partial charge >= 0.3 is 0 Å². The van der Waals surface area contributed by atoms with Crippen LogP contribution in [0.2, 0.25) is 0 Å². The molecule has 4 nitrogen and oxygen atoms in total. The van der Waals surface area contributed by atoms with Crippen molar-refractivity contribution in [2.75, 3.05) is 0 Å². The summed E-state index contributed by atoms with van der Waals surface area (Å²) in [6.07, 6.45) is 2.79. The van der Waals surface area contributed by atoms with Crippen molar-refractivity contribution in [3.8, 4) is 11.3 Å². The molecule has 0 bridgehead atoms. The molecule has 1 amide bonds. The fourth-order valence-corrected chi connectivity index (χ4v) is 2.01. The number of nitrogens with two attached hydrogens (primary N) is 1. The van der Waals surface area contributed by atoms with Crippen LogP contribution >= 0.6 is 0 Å². The first-order valence-electron chi connectivity index (χ1n) is 6.06. The summed E-state index contributed by atoms with van der Waals surface area (Å²) in [7, 11) is 0. The van der Waals surface area contributed by atoms with Crippen molar-refractivity contribution in [2.45, 2.75) is 26.8 Å². The van der Waals surface area contributed by atoms with Crippen molar-refractivity contribution in [3.05, 3.63) is 41.6 Å². The molecule has 0 fully saturated rings. The zero-order valence-electron chi connectivity index (χ0n) is 10.7. The third-order valence-corrected chi connectivity index (χ3v) is 2.95. The summed E-state index contributed by atoms with van der Waals surface area (Å²) in [5, 5.41) is 4.28. The number of hydrogen-bond donors (Lipinski definition) is 1. The molecule has 0 aliphatic carbocycles. The third kappa shape index (κ3) is 2.27. The third-order valence-electron chi connectivity index (χ3n) is 2.95. The molecule has 0 aliphatic heterocycles. The predicted molar refractivity (Wildman–Crippen MR) is 71.2 cm³/mol. The quantitative estimate of drug-likeness (QED) is 0.896. The van der Waals surface area contributed by atoms with Gasteiger partial charge in [0.25, 0.3) is 0 Å². The van der Waals surface area contributed by atoms with E-state index in [9.17, 15) is 4.79 Å². The summed E-state index contributed by atoms with van der Waals surface area (Å²) in [5.74, 6) is -0.393. The van der Waals surface area contributed by atoms with Crippen molar-refractivity contribution < 1.29 is 4.79 Å². The topological polar surface area (TPSA) is 60.9 Å². The van der Waals surface area contributed by atoms with Crippen molar-refractivity contribution >= 4 is 5.91 Å². The summed E-state index contributed by atoms with van der Waals surface area (Å²) >= 11 is 0. The van der Waals surface area contributed by atoms with Gasteiger partial charge in [0.2, 0.25) is 5.91 Å². The Kier molecular flexibility index (Phi) is 3.46. The van der Waals surface area contributed by atoms with E-state index in [4.69, 9.17) is 5.73 Å². The first-order chi connectivity index (χ1) is 8.63. The number of nitrogens with zero attached hydrogens (tertiary/aromatic N) is 2. The fourth-order valence-electron chi connectivity index (χ4n) is 2.01. The minimum atomic E-state index is -0.393. The lowest BCUT2D eigenvalue weighted by molar-refractivity contribution is 0.1000. The van der Waals surface area contributed by atoms with E-state index >= 15 is 0 Å². The Morgan fingerprint density at radius 1 is 1.39 bits per heavy atom. The molecule has 94 valence electrons. The van der Waals surface area contributed by atoms with Gasteiger partial charge in [-0.15, -0.1) is 0 Å². The van der Waals surface area contributed by atoms with Crippen LogP contribution in [0.4, 0.5) is 0 Å². The second kappa shape index (κ2) is 5.04. The molecular weight excluding hydrogens is 226 g/mol. The minimum absolute atomic E-state index is 0.393. The molecule has 2 rings (SSSR count). The van der Waals surface area contributed by atoms with Crippen LogP contribution < -0.4 is 5.73 Å². The molecule has 1 heterocycles. The lowest BCUT2D eigenvalue weighted by atomic mass is 10.0. The number of aryl methyl sites for hydroxylation is 2. The molecule has 0 saturated carbocycles. The summed E-state index contributed by atoms with van der Waals surface area (Å²) in [5.41, 5.74) is 8.82. The van der Waals surface area contributed by atoms with Gasteiger partial charge in [0.05, 0.1) is 5.69 Å². The molecule has 0 unspecified atom stereocenters. The number of amides is 1. The number of hydrogen-bond acceptors (Lipinski definition) is 2. The largest absolute Gasteiger partial charge is 0.366 e. The molecule has 1 aromatic heterocycles. The highest BCUT2D eigenvalue weighted by Gasteiger charge is 2.10. The van der Waals surface area contributed by atoms with E-state index < -0.39 is 5.91 Å². The number of benzene rings is 1. The van der Waals surface area contributed by atoms with E-state index in [0.717, 1.165) is 29.8 Å². The van der Waals surface area contributed by atoms with Crippen LogP contribution in [-0.4, -0.2) is 15.7 Å². The Hall–Kier alpha value is -2.10. The van der Waals surface area contributed by atoms with E-state index in [0.29, 0.717) is 5.56 Å². The Bertz CT molecular complexity index is 572. The minimum Gasteiger partial charge on any atom is -0.366 e. The normalized spacial score (nSPS) is 10.6. The molecule has 4 heteroatoms. The molecule has 0 aliphatic rings. The lowest BCUT2D eigenvalue weighted by Crippen LogP contribution is -2.13. The van der Waals surface area contributed by atoms with E-state index in [1.165, 1.54) is 0 Å². The maximum atomic E-state index is 11.4. The standard InChI is InChI=1S/C14H17N3O/c1-3-8-17-13(6-7-16-17)11-5-4-10(2)12(9-11)14(15)18/h4-7,9H,3,8H2,1-2H3,(H2,15,18). The molecule has 0 spiro atoms. The highest BCUT2D eigenvalue weighted by molar-refractivity contribution is 5.95. The Labute approximate surface area is 106 Å². The van der Waals surface area contributed by atoms with Gasteiger partial charge in [-0.1, -0.05) is 19.1 Å². The summed E-state index contributed by atoms with van der Waals surface area (Å²) in [4.78, 5) is 11.4. The maximum absolute atomic E-state index is 11.4. The molecule has 18 heavy (non-hydrogen) atoms. The van der Waals surface area contributed by atoms with Crippen LogP contribution in [0.15, 0.2) is 30.5 Å². The van der Waals surface area contributed by atoms with Crippen LogP contribution in [0.1, 0.15) is 29.3 Å². The maximum Gasteiger partial charge on any atom is 0.248 e. The number of carbonyl (C=O) groups is 1. The molecule has 0 atom stereocenters. The Morgan fingerprint density at radius 3 is 2.83 bits per heavy atom. The van der Waals surface area contributed by atoms with Crippen molar-refractivity contribution in [3.63, 3.8) is 0 Å². The van der Waals surface area contributed by atoms with Crippen molar-refractivity contribution in [2.24, 2.45) is 5.73 Å². The van der Waals surface area contributed by atoms with Crippen molar-refractivity contribution in [1.82, 2.24) is 9.78 Å². The molecule has 1 aromatic carbocycles. The number of rotatable bonds is 4. The second-order valence-corrected chi connectivity index (χ2v) is 4.33. The summed E-state index contributed by atoms with van der Waals surface area (Å²) < 4.78 is 1.94. The highest BCUT2D eigenvalue weighted by atomic mass is 16.1. The Morgan fingerprint density at radius 2 is 2.17 bits per heavy atom. The molecule has 2 aromatic rings. The van der Waals surface area contributed by atoms with E-state index in [-0.39, 0.29) is 0 Å². The van der Waals surface area contributed by atoms with Crippen molar-refractivity contribution in [1.29, 1.82) is 0 Å². The second-order valence-electron chi connectivity index (χ2n) is 4.33. The van der Waals surface area contributed by atoms with E-state index in [1.807, 2.05) is 35.9 Å². The van der Waals surface area contributed by atoms with E-state index in [2.05, 4.69) is 12.0 Å². The van der Waals surface area contributed by atoms with Crippen LogP contribution in [-0.2, 0) is 6.54 Å². The van der Waals surface area contributed by atoms with Gasteiger partial charge in [0.1, 0.15) is 0 Å². The highest BCUT2D eigenvalue weighted by Crippen LogP contribution is 2.22. The predicted octanol–water partition coefficient (Wildman–Crippen LogP) is 2.37. The first-order valence-corrected chi connectivity index (χ1v) is 6.06. The number of carbonyl (C=O) groups excluding carboxylic acids is 1. The van der Waals surface area contributed by atoms with Gasteiger partial charge < -0.3 is 5.73 Å². The average molecular weight is 243 g/mol. The monoisotopic (exact) mass is 243 g/mol. The zero-order chi connectivity index (χ0) is 13.1. The first kappa shape index (κ1) is 12.4. The van der Waals surface area contributed by atoms with Crippen LogP contribution in [0.3, 0.4) is 0 Å². The van der Waals surface area contributed by atoms with Crippen LogP contribution in [0, 0.1) is 6.92 Å². The van der Waals surface area contributed by atoms with Crippen LogP contribution in [0.5, 0.6) is 0 Å². The zero-order valence-corrected chi connectivity index (χ0v) is 10.7. The van der Waals surface area contributed by atoms with Gasteiger partial charge in [0, 0.05) is 23.9 Å². The van der Waals surface area contributed by atoms with Gasteiger partial charge in [-0.25, -0.2) is 0 Å². The van der Waals surface area contributed by atoms with Crippen LogP contribution in [0.25, 0.3) is 11.3 Å². The average Bonchev–Trinajstić information content (AvgIpc) is 2.78. The molecule has 0 radical (unpaired) electrons. The van der Waals surface area contributed by atoms with Gasteiger partial charge in [-0.2, -0.15) is 5.10 Å². The molecular formula is C14H17N3O. The fraction of sp³-hybridized carbons (Fsp3) is 0.286. The van der Waals surface area contributed by atoms with Gasteiger partial charge in [-0.05, 0) is 31.0 Å². The molecule has 2 N–H and O–H groups in total. The SMILES string of the molecule is CCCn1nccc1-c1ccc(C)c(C(N)=O)c1. The summed E-state index contributed by atoms with van der Waals surface area (Å²) in [6, 6.07) is 7.69.